The third-order valence-corrected chi connectivity index (χ3v) is 8.62. The first-order valence-electron chi connectivity index (χ1n) is 13.8. The average molecular weight is 434 g/mol. The summed E-state index contributed by atoms with van der Waals surface area (Å²) < 4.78 is 35.5. The third-order valence-electron chi connectivity index (χ3n) is 8.62. The van der Waals surface area contributed by atoms with E-state index in [9.17, 15) is 9.90 Å². The van der Waals surface area contributed by atoms with Gasteiger partial charge in [0.05, 0.1) is 5.48 Å². The summed E-state index contributed by atoms with van der Waals surface area (Å²) in [5, 5.41) is 11.8. The predicted octanol–water partition coefficient (Wildman–Crippen LogP) is 5.41. The van der Waals surface area contributed by atoms with E-state index in [1.165, 1.54) is 11.1 Å². The fourth-order valence-corrected chi connectivity index (χ4v) is 6.98. The number of rotatable bonds is 2. The maximum Gasteiger partial charge on any atom is 0.137 e. The van der Waals surface area contributed by atoms with Crippen molar-refractivity contribution >= 4 is 11.5 Å². The minimum atomic E-state index is -1.16. The monoisotopic (exact) mass is 433 g/mol. The van der Waals surface area contributed by atoms with Crippen LogP contribution in [0.15, 0.2) is 47.0 Å². The molecular weight excluding hydrogens is 394 g/mol. The smallest absolute Gasteiger partial charge is 0.137 e. The Bertz CT molecular complexity index is 1260. The molecule has 4 aliphatic carbocycles. The first-order chi connectivity index (χ1) is 16.9. The van der Waals surface area contributed by atoms with Crippen LogP contribution in [-0.2, 0) is 4.79 Å². The molecule has 0 spiro atoms. The molecule has 1 aromatic carbocycles. The maximum absolute atomic E-state index is 12.3. The Kier molecular flexibility index (Phi) is 4.10. The normalized spacial score (nSPS) is 37.6. The standard InChI is InChI=1S/C29H35NO2/c1-5-15-29(32)16-14-26-24-12-8-20-17-22(31)11-13-23(20)27(24)25(18-28(26,29)2)19-6-9-21(10-7-19)30(3)4/h6-10,24-26,32H,11-14,16-18H2,1-4H3/t24-,25+,26-,28-,29-/m0/s1/i6D,7D,9D,10D. The van der Waals surface area contributed by atoms with Gasteiger partial charge in [0, 0.05) is 44.0 Å². The van der Waals surface area contributed by atoms with Crippen LogP contribution in [0.5, 0.6) is 0 Å². The molecule has 1 N–H and O–H groups in total. The second-order valence-electron chi connectivity index (χ2n) is 10.4. The fourth-order valence-electron chi connectivity index (χ4n) is 6.98. The van der Waals surface area contributed by atoms with Crippen molar-refractivity contribution in [2.24, 2.45) is 17.3 Å². The van der Waals surface area contributed by atoms with E-state index in [2.05, 4.69) is 24.8 Å². The lowest BCUT2D eigenvalue weighted by Gasteiger charge is -2.53. The van der Waals surface area contributed by atoms with E-state index < -0.39 is 11.0 Å². The average Bonchev–Trinajstić information content (AvgIpc) is 3.07. The van der Waals surface area contributed by atoms with Crippen LogP contribution in [-0.4, -0.2) is 30.6 Å². The molecule has 0 radical (unpaired) electrons. The number of nitrogens with zero attached hydrogens (tertiary/aromatic N) is 1. The summed E-state index contributed by atoms with van der Waals surface area (Å²) in [6.45, 7) is 3.86. The number of anilines is 1. The van der Waals surface area contributed by atoms with Gasteiger partial charge in [-0.25, -0.2) is 0 Å². The molecule has 3 saturated carbocycles. The molecule has 0 amide bonds. The van der Waals surface area contributed by atoms with Gasteiger partial charge in [-0.1, -0.05) is 36.6 Å². The molecule has 32 heavy (non-hydrogen) atoms. The summed E-state index contributed by atoms with van der Waals surface area (Å²) in [5.74, 6) is 6.28. The molecule has 168 valence electrons. The summed E-state index contributed by atoms with van der Waals surface area (Å²) in [7, 11) is 3.46. The first-order valence-corrected chi connectivity index (χ1v) is 11.8. The second kappa shape index (κ2) is 7.63. The van der Waals surface area contributed by atoms with E-state index in [-0.39, 0.29) is 53.4 Å². The van der Waals surface area contributed by atoms with E-state index in [1.807, 2.05) is 0 Å². The fraction of sp³-hybridized carbons (Fsp3) is 0.552. The van der Waals surface area contributed by atoms with E-state index in [0.29, 0.717) is 37.7 Å². The van der Waals surface area contributed by atoms with Crippen LogP contribution in [0.1, 0.15) is 75.8 Å². The minimum absolute atomic E-state index is 0.00954. The zero-order valence-corrected chi connectivity index (χ0v) is 19.6. The van der Waals surface area contributed by atoms with E-state index in [0.717, 1.165) is 18.4 Å². The highest BCUT2D eigenvalue weighted by Crippen LogP contribution is 2.66. The van der Waals surface area contributed by atoms with Gasteiger partial charge in [0.1, 0.15) is 11.4 Å². The number of hydrogen-bond acceptors (Lipinski definition) is 3. The van der Waals surface area contributed by atoms with Crippen LogP contribution < -0.4 is 4.90 Å². The number of fused-ring (bicyclic) bond motifs is 4. The Morgan fingerprint density at radius 3 is 2.66 bits per heavy atom. The van der Waals surface area contributed by atoms with Crippen LogP contribution in [0.2, 0.25) is 0 Å². The van der Waals surface area contributed by atoms with Gasteiger partial charge in [-0.15, -0.1) is 5.92 Å². The van der Waals surface area contributed by atoms with Gasteiger partial charge in [0.2, 0.25) is 0 Å². The summed E-state index contributed by atoms with van der Waals surface area (Å²) in [6, 6.07) is -0.0916. The lowest BCUT2D eigenvalue weighted by atomic mass is 9.51. The number of hydrogen-bond donors (Lipinski definition) is 1. The highest BCUT2D eigenvalue weighted by atomic mass is 16.3. The molecule has 0 heterocycles. The minimum Gasteiger partial charge on any atom is -0.378 e. The zero-order valence-electron chi connectivity index (χ0n) is 23.6. The first kappa shape index (κ1) is 17.2. The van der Waals surface area contributed by atoms with Gasteiger partial charge >= 0.3 is 0 Å². The zero-order chi connectivity index (χ0) is 26.2. The van der Waals surface area contributed by atoms with Crippen molar-refractivity contribution in [3.63, 3.8) is 0 Å². The molecule has 5 rings (SSSR count). The highest BCUT2D eigenvalue weighted by Gasteiger charge is 2.62. The van der Waals surface area contributed by atoms with Gasteiger partial charge in [-0.2, -0.15) is 0 Å². The Balaban J connectivity index is 1.78. The van der Waals surface area contributed by atoms with Crippen molar-refractivity contribution in [1.29, 1.82) is 0 Å². The van der Waals surface area contributed by atoms with Crippen molar-refractivity contribution in [3.8, 4) is 11.8 Å². The van der Waals surface area contributed by atoms with Crippen molar-refractivity contribution in [3.05, 3.63) is 52.5 Å². The number of aliphatic hydroxyl groups is 1. The van der Waals surface area contributed by atoms with Gasteiger partial charge in [0.25, 0.3) is 0 Å². The molecule has 0 saturated heterocycles. The van der Waals surface area contributed by atoms with E-state index >= 15 is 0 Å². The highest BCUT2D eigenvalue weighted by molar-refractivity contribution is 5.84. The molecule has 0 aliphatic heterocycles. The van der Waals surface area contributed by atoms with Crippen LogP contribution in [0.3, 0.4) is 0 Å². The molecule has 0 bridgehead atoms. The molecule has 0 unspecified atom stereocenters. The molecular formula is C29H35NO2. The molecule has 3 fully saturated rings. The summed E-state index contributed by atoms with van der Waals surface area (Å²) in [6.07, 6.45) is 6.51. The largest absolute Gasteiger partial charge is 0.378 e. The number of carbonyl (C=O) groups is 1. The third kappa shape index (κ3) is 3.11. The molecule has 1 aromatic rings. The van der Waals surface area contributed by atoms with E-state index in [4.69, 9.17) is 5.48 Å². The van der Waals surface area contributed by atoms with Gasteiger partial charge < -0.3 is 10.0 Å². The second-order valence-corrected chi connectivity index (χ2v) is 10.4. The van der Waals surface area contributed by atoms with E-state index in [1.54, 1.807) is 25.9 Å². The number of ketones is 1. The van der Waals surface area contributed by atoms with Crippen LogP contribution >= 0.6 is 0 Å². The number of carbonyl (C=O) groups excluding carboxylic acids is 1. The summed E-state index contributed by atoms with van der Waals surface area (Å²) in [4.78, 5) is 13.9. The molecule has 3 heteroatoms. The van der Waals surface area contributed by atoms with Crippen LogP contribution in [0, 0.1) is 29.1 Å². The molecule has 3 nitrogen and oxygen atoms in total. The SMILES string of the molecule is [2H]c1c([2H])c(N(C)C)c([2H])c([2H])c1[C@H]1C[C@@]2(C)[C@@H](CC[C@@]2(O)C#CC)[C@@H]2CC=C3CC(=O)CCC3=C21. The van der Waals surface area contributed by atoms with Crippen molar-refractivity contribution in [2.45, 2.75) is 70.3 Å². The topological polar surface area (TPSA) is 40.5 Å². The summed E-state index contributed by atoms with van der Waals surface area (Å²) in [5.41, 5.74) is 2.44. The van der Waals surface area contributed by atoms with Crippen molar-refractivity contribution in [2.75, 3.05) is 19.0 Å². The number of benzene rings is 1. The lowest BCUT2D eigenvalue weighted by molar-refractivity contribution is -0.118. The molecule has 0 aromatic heterocycles. The Morgan fingerprint density at radius 1 is 1.22 bits per heavy atom. The Labute approximate surface area is 198 Å². The molecule has 5 atom stereocenters. The Hall–Kier alpha value is -2.31. The number of allylic oxidation sites excluding steroid dienone is 4. The lowest BCUT2D eigenvalue weighted by Crippen LogP contribution is -2.50. The molecule has 4 aliphatic rings. The van der Waals surface area contributed by atoms with Gasteiger partial charge in [-0.05, 0) is 79.7 Å². The quantitative estimate of drug-likeness (QED) is 0.634. The van der Waals surface area contributed by atoms with Crippen molar-refractivity contribution < 1.29 is 15.4 Å². The van der Waals surface area contributed by atoms with Gasteiger partial charge in [0.15, 0.2) is 0 Å². The predicted molar refractivity (Wildman–Crippen MR) is 129 cm³/mol. The summed E-state index contributed by atoms with van der Waals surface area (Å²) >= 11 is 0. The Morgan fingerprint density at radius 2 is 1.97 bits per heavy atom. The van der Waals surface area contributed by atoms with Crippen LogP contribution in [0.4, 0.5) is 5.69 Å². The number of Topliss-reactive ketones (excluding diaryl/α,β-unsaturated/α-hetero) is 1. The van der Waals surface area contributed by atoms with Gasteiger partial charge in [-0.3, -0.25) is 4.79 Å². The van der Waals surface area contributed by atoms with Crippen molar-refractivity contribution in [1.82, 2.24) is 0 Å². The maximum atomic E-state index is 12.3. The van der Waals surface area contributed by atoms with Crippen LogP contribution in [0.25, 0.3) is 0 Å².